The van der Waals surface area contributed by atoms with Crippen LogP contribution in [-0.2, 0) is 0 Å². The Hall–Kier alpha value is -1.12. The summed E-state index contributed by atoms with van der Waals surface area (Å²) in [4.78, 5) is 12.9. The number of rotatable bonds is 2. The third-order valence-corrected chi connectivity index (χ3v) is 3.48. The highest BCUT2D eigenvalue weighted by atomic mass is 35.5. The van der Waals surface area contributed by atoms with Crippen LogP contribution >= 0.6 is 22.9 Å². The predicted molar refractivity (Wildman–Crippen MR) is 64.9 cm³/mol. The van der Waals surface area contributed by atoms with Crippen LogP contribution in [0.2, 0.25) is 5.02 Å². The van der Waals surface area contributed by atoms with Gasteiger partial charge in [-0.15, -0.1) is 11.3 Å². The van der Waals surface area contributed by atoms with Gasteiger partial charge in [0, 0.05) is 25.9 Å². The molecule has 0 spiro atoms. The van der Waals surface area contributed by atoms with Crippen molar-refractivity contribution in [1.29, 1.82) is 0 Å². The molecular formula is C12H9ClOS. The van der Waals surface area contributed by atoms with Gasteiger partial charge in [0.15, 0.2) is 0 Å². The van der Waals surface area contributed by atoms with Crippen LogP contribution in [0.15, 0.2) is 30.3 Å². The Labute approximate surface area is 97.3 Å². The monoisotopic (exact) mass is 236 g/mol. The molecule has 2 aromatic rings. The normalized spacial score (nSPS) is 10.3. The molecular weight excluding hydrogens is 228 g/mol. The van der Waals surface area contributed by atoms with Crippen molar-refractivity contribution in [3.05, 3.63) is 45.8 Å². The van der Waals surface area contributed by atoms with E-state index in [0.29, 0.717) is 10.6 Å². The number of aryl methyl sites for hydroxylation is 1. The van der Waals surface area contributed by atoms with Gasteiger partial charge in [-0.3, -0.25) is 4.79 Å². The van der Waals surface area contributed by atoms with Gasteiger partial charge in [0.2, 0.25) is 0 Å². The van der Waals surface area contributed by atoms with Gasteiger partial charge in [0.1, 0.15) is 6.29 Å². The molecule has 0 unspecified atom stereocenters. The average Bonchev–Trinajstić information content (AvgIpc) is 2.64. The highest BCUT2D eigenvalue weighted by Crippen LogP contribution is 2.33. The maximum absolute atomic E-state index is 10.6. The maximum Gasteiger partial charge on any atom is 0.150 e. The predicted octanol–water partition coefficient (Wildman–Crippen LogP) is 4.19. The molecule has 0 atom stereocenters. The van der Waals surface area contributed by atoms with E-state index in [0.717, 1.165) is 16.7 Å². The summed E-state index contributed by atoms with van der Waals surface area (Å²) in [5, 5.41) is 0.626. The van der Waals surface area contributed by atoms with Gasteiger partial charge < -0.3 is 0 Å². The summed E-state index contributed by atoms with van der Waals surface area (Å²) in [6, 6.07) is 9.46. The molecule has 76 valence electrons. The van der Waals surface area contributed by atoms with Crippen molar-refractivity contribution in [3.8, 4) is 10.4 Å². The molecule has 0 fully saturated rings. The zero-order valence-electron chi connectivity index (χ0n) is 8.16. The number of hydrogen-bond donors (Lipinski definition) is 0. The van der Waals surface area contributed by atoms with Crippen LogP contribution in [0.25, 0.3) is 10.4 Å². The van der Waals surface area contributed by atoms with E-state index in [1.54, 1.807) is 23.5 Å². The van der Waals surface area contributed by atoms with Crippen LogP contribution in [0.3, 0.4) is 0 Å². The molecule has 0 N–H and O–H groups in total. The molecule has 0 aliphatic carbocycles. The second-order valence-electron chi connectivity index (χ2n) is 3.27. The van der Waals surface area contributed by atoms with Gasteiger partial charge in [-0.2, -0.15) is 0 Å². The summed E-state index contributed by atoms with van der Waals surface area (Å²) in [5.41, 5.74) is 1.59. The summed E-state index contributed by atoms with van der Waals surface area (Å²) >= 11 is 7.80. The first-order valence-corrected chi connectivity index (χ1v) is 5.71. The van der Waals surface area contributed by atoms with E-state index < -0.39 is 0 Å². The van der Waals surface area contributed by atoms with Crippen molar-refractivity contribution in [3.63, 3.8) is 0 Å². The number of aldehydes is 1. The Kier molecular flexibility index (Phi) is 2.89. The second-order valence-corrected chi connectivity index (χ2v) is 4.96. The first kappa shape index (κ1) is 10.4. The van der Waals surface area contributed by atoms with Crippen molar-refractivity contribution in [2.75, 3.05) is 0 Å². The van der Waals surface area contributed by atoms with Gasteiger partial charge in [-0.25, -0.2) is 0 Å². The fraction of sp³-hybridized carbons (Fsp3) is 0.0833. The minimum atomic E-state index is 0.608. The number of thiophene rings is 1. The zero-order chi connectivity index (χ0) is 10.8. The molecule has 0 bridgehead atoms. The summed E-state index contributed by atoms with van der Waals surface area (Å²) in [6.45, 7) is 2.06. The summed E-state index contributed by atoms with van der Waals surface area (Å²) < 4.78 is 0. The topological polar surface area (TPSA) is 17.1 Å². The van der Waals surface area contributed by atoms with Crippen LogP contribution in [-0.4, -0.2) is 6.29 Å². The minimum absolute atomic E-state index is 0.608. The van der Waals surface area contributed by atoms with Crippen LogP contribution in [0.5, 0.6) is 0 Å². The van der Waals surface area contributed by atoms with E-state index >= 15 is 0 Å². The number of halogens is 1. The Balaban J connectivity index is 2.49. The van der Waals surface area contributed by atoms with E-state index in [-0.39, 0.29) is 0 Å². The summed E-state index contributed by atoms with van der Waals surface area (Å²) in [7, 11) is 0. The molecule has 2 rings (SSSR count). The van der Waals surface area contributed by atoms with E-state index in [1.807, 2.05) is 12.1 Å². The van der Waals surface area contributed by atoms with Crippen molar-refractivity contribution >= 4 is 29.2 Å². The maximum atomic E-state index is 10.6. The molecule has 3 heteroatoms. The van der Waals surface area contributed by atoms with Gasteiger partial charge in [-0.05, 0) is 25.1 Å². The molecule has 0 radical (unpaired) electrons. The molecule has 0 saturated carbocycles. The van der Waals surface area contributed by atoms with E-state index in [2.05, 4.69) is 13.0 Å². The third-order valence-electron chi connectivity index (χ3n) is 2.14. The fourth-order valence-electron chi connectivity index (χ4n) is 1.38. The van der Waals surface area contributed by atoms with Crippen molar-refractivity contribution in [1.82, 2.24) is 0 Å². The lowest BCUT2D eigenvalue weighted by Crippen LogP contribution is -1.81. The largest absolute Gasteiger partial charge is 0.298 e. The molecule has 1 aromatic carbocycles. The summed E-state index contributed by atoms with van der Waals surface area (Å²) in [5.74, 6) is 0. The Bertz CT molecular complexity index is 502. The zero-order valence-corrected chi connectivity index (χ0v) is 9.73. The van der Waals surface area contributed by atoms with Crippen LogP contribution in [0, 0.1) is 6.92 Å². The minimum Gasteiger partial charge on any atom is -0.298 e. The Morgan fingerprint density at radius 1 is 1.27 bits per heavy atom. The summed E-state index contributed by atoms with van der Waals surface area (Å²) in [6.07, 6.45) is 0.801. The molecule has 1 aromatic heterocycles. The van der Waals surface area contributed by atoms with Crippen LogP contribution in [0.1, 0.15) is 15.2 Å². The standard InChI is InChI=1S/C12H9ClOS/c1-8-2-5-12(15-8)10-4-3-9(7-14)6-11(10)13/h2-7H,1H3. The Morgan fingerprint density at radius 3 is 2.60 bits per heavy atom. The SMILES string of the molecule is Cc1ccc(-c2ccc(C=O)cc2Cl)s1. The van der Waals surface area contributed by atoms with Crippen molar-refractivity contribution < 1.29 is 4.79 Å². The first-order chi connectivity index (χ1) is 7.20. The fourth-order valence-corrected chi connectivity index (χ4v) is 2.64. The van der Waals surface area contributed by atoms with Crippen molar-refractivity contribution in [2.24, 2.45) is 0 Å². The highest BCUT2D eigenvalue weighted by molar-refractivity contribution is 7.15. The van der Waals surface area contributed by atoms with E-state index in [1.165, 1.54) is 4.88 Å². The van der Waals surface area contributed by atoms with Gasteiger partial charge >= 0.3 is 0 Å². The number of carbonyl (C=O) groups excluding carboxylic acids is 1. The Morgan fingerprint density at radius 2 is 2.07 bits per heavy atom. The molecule has 0 amide bonds. The molecule has 1 heterocycles. The van der Waals surface area contributed by atoms with Crippen molar-refractivity contribution in [2.45, 2.75) is 6.92 Å². The lowest BCUT2D eigenvalue weighted by atomic mass is 10.1. The molecule has 0 saturated heterocycles. The quantitative estimate of drug-likeness (QED) is 0.715. The van der Waals surface area contributed by atoms with Gasteiger partial charge in [-0.1, -0.05) is 23.7 Å². The van der Waals surface area contributed by atoms with Gasteiger partial charge in [0.05, 0.1) is 0 Å². The third kappa shape index (κ3) is 2.11. The lowest BCUT2D eigenvalue weighted by Gasteiger charge is -2.01. The van der Waals surface area contributed by atoms with E-state index in [9.17, 15) is 4.79 Å². The molecule has 0 aliphatic rings. The lowest BCUT2D eigenvalue weighted by molar-refractivity contribution is 0.112. The molecule has 1 nitrogen and oxygen atoms in total. The number of benzene rings is 1. The number of hydrogen-bond acceptors (Lipinski definition) is 2. The molecule has 0 aliphatic heterocycles. The van der Waals surface area contributed by atoms with Gasteiger partial charge in [0.25, 0.3) is 0 Å². The average molecular weight is 237 g/mol. The number of carbonyl (C=O) groups is 1. The molecule has 15 heavy (non-hydrogen) atoms. The van der Waals surface area contributed by atoms with E-state index in [4.69, 9.17) is 11.6 Å². The second kappa shape index (κ2) is 4.17. The first-order valence-electron chi connectivity index (χ1n) is 4.52. The van der Waals surface area contributed by atoms with Crippen LogP contribution < -0.4 is 0 Å². The smallest absolute Gasteiger partial charge is 0.150 e. The highest BCUT2D eigenvalue weighted by Gasteiger charge is 2.06. The van der Waals surface area contributed by atoms with Crippen LogP contribution in [0.4, 0.5) is 0 Å².